The summed E-state index contributed by atoms with van der Waals surface area (Å²) >= 11 is 0. The van der Waals surface area contributed by atoms with E-state index in [0.717, 1.165) is 96.3 Å². The molecule has 0 aromatic rings. The van der Waals surface area contributed by atoms with Gasteiger partial charge >= 0.3 is 33.6 Å². The molecule has 0 radical (unpaired) electrons. The monoisotopic (exact) mass is 1380 g/mol. The molecule has 0 aliphatic heterocycles. The van der Waals surface area contributed by atoms with Gasteiger partial charge in [-0.15, -0.1) is 0 Å². The molecule has 0 aromatic heterocycles. The number of carbonyl (C=O) groups excluding carboxylic acids is 3. The van der Waals surface area contributed by atoms with Gasteiger partial charge < -0.3 is 34.2 Å². The van der Waals surface area contributed by atoms with Crippen LogP contribution in [0, 0.1) is 0 Å². The molecule has 556 valence electrons. The average Bonchev–Trinajstić information content (AvgIpc) is 3.18. The highest BCUT2D eigenvalue weighted by Gasteiger charge is 2.29. The van der Waals surface area contributed by atoms with Crippen molar-refractivity contribution in [2.24, 2.45) is 0 Å². The minimum absolute atomic E-state index is 0.113. The van der Waals surface area contributed by atoms with Crippen molar-refractivity contribution in [2.45, 2.75) is 373 Å². The van der Waals surface area contributed by atoms with Gasteiger partial charge in [0, 0.05) is 19.3 Å². The lowest BCUT2D eigenvalue weighted by Gasteiger charge is -2.21. The van der Waals surface area contributed by atoms with Crippen molar-refractivity contribution in [1.29, 1.82) is 0 Å². The molecule has 0 heterocycles. The van der Waals surface area contributed by atoms with E-state index in [0.29, 0.717) is 19.3 Å². The Bertz CT molecular complexity index is 1980. The smallest absolute Gasteiger partial charge is 0.463 e. The van der Waals surface area contributed by atoms with Crippen LogP contribution in [0.1, 0.15) is 355 Å². The summed E-state index contributed by atoms with van der Waals surface area (Å²) in [7, 11) is -9.75. The third kappa shape index (κ3) is 72.3. The fourth-order valence-corrected chi connectivity index (χ4v) is 12.5. The van der Waals surface area contributed by atoms with Crippen molar-refractivity contribution in [3.05, 3.63) is 60.8 Å². The molecule has 0 saturated heterocycles. The van der Waals surface area contributed by atoms with Crippen LogP contribution in [0.2, 0.25) is 0 Å². The Balaban J connectivity index is 4.28. The molecule has 95 heavy (non-hydrogen) atoms. The second-order valence-corrected chi connectivity index (χ2v) is 29.1. The van der Waals surface area contributed by atoms with Crippen molar-refractivity contribution in [1.82, 2.24) is 0 Å². The van der Waals surface area contributed by atoms with Crippen molar-refractivity contribution in [3.63, 3.8) is 0 Å². The Hall–Kier alpha value is -2.75. The van der Waals surface area contributed by atoms with Gasteiger partial charge in [-0.05, 0) is 64.2 Å². The number of aliphatic hydroxyl groups excluding tert-OH is 2. The van der Waals surface area contributed by atoms with Gasteiger partial charge in [-0.2, -0.15) is 0 Å². The molecule has 0 spiro atoms. The third-order valence-electron chi connectivity index (χ3n) is 16.8. The van der Waals surface area contributed by atoms with Crippen LogP contribution in [-0.2, 0) is 55.8 Å². The summed E-state index contributed by atoms with van der Waals surface area (Å²) in [5, 5.41) is 20.6. The first-order valence-corrected chi connectivity index (χ1v) is 41.6. The summed E-state index contributed by atoms with van der Waals surface area (Å²) in [6.45, 7) is 2.62. The largest absolute Gasteiger partial charge is 0.472 e. The zero-order valence-corrected chi connectivity index (χ0v) is 62.4. The van der Waals surface area contributed by atoms with Gasteiger partial charge in [0.2, 0.25) is 0 Å². The molecular weight excluding hydrogens is 1240 g/mol. The molecule has 16 nitrogen and oxygen atoms in total. The van der Waals surface area contributed by atoms with Crippen molar-refractivity contribution in [3.8, 4) is 0 Å². The van der Waals surface area contributed by atoms with E-state index in [4.69, 9.17) is 32.3 Å². The lowest BCUT2D eigenvalue weighted by molar-refractivity contribution is -0.161. The zero-order chi connectivity index (χ0) is 69.5. The Morgan fingerprint density at radius 2 is 0.558 bits per heavy atom. The first kappa shape index (κ1) is 92.2. The van der Waals surface area contributed by atoms with Gasteiger partial charge in [0.15, 0.2) is 6.10 Å². The van der Waals surface area contributed by atoms with E-state index in [9.17, 15) is 43.5 Å². The van der Waals surface area contributed by atoms with E-state index in [-0.39, 0.29) is 19.3 Å². The highest BCUT2D eigenvalue weighted by Crippen LogP contribution is 2.45. The number of hydrogen-bond donors (Lipinski definition) is 4. The molecule has 0 bridgehead atoms. The normalized spacial score (nSPS) is 14.4. The van der Waals surface area contributed by atoms with Crippen LogP contribution < -0.4 is 0 Å². The average molecular weight is 1390 g/mol. The fourth-order valence-electron chi connectivity index (χ4n) is 10.9. The molecule has 0 aliphatic rings. The van der Waals surface area contributed by atoms with E-state index in [1.165, 1.54) is 199 Å². The maximum atomic E-state index is 12.9. The van der Waals surface area contributed by atoms with Gasteiger partial charge in [-0.1, -0.05) is 332 Å². The first-order chi connectivity index (χ1) is 46.2. The van der Waals surface area contributed by atoms with Crippen molar-refractivity contribution >= 4 is 33.6 Å². The van der Waals surface area contributed by atoms with Gasteiger partial charge in [0.05, 0.1) is 26.4 Å². The van der Waals surface area contributed by atoms with E-state index >= 15 is 0 Å². The van der Waals surface area contributed by atoms with Crippen LogP contribution in [-0.4, -0.2) is 95.9 Å². The summed E-state index contributed by atoms with van der Waals surface area (Å²) in [6, 6.07) is 0. The van der Waals surface area contributed by atoms with E-state index in [1.54, 1.807) is 0 Å². The number of phosphoric ester groups is 2. The molecule has 0 aliphatic carbocycles. The number of unbranched alkanes of at least 4 members (excludes halogenated alkanes) is 41. The summed E-state index contributed by atoms with van der Waals surface area (Å²) < 4.78 is 61.0. The Kier molecular flexibility index (Phi) is 69.0. The molecule has 0 rings (SSSR count). The number of carbonyl (C=O) groups is 3. The van der Waals surface area contributed by atoms with Crippen molar-refractivity contribution in [2.75, 3.05) is 39.6 Å². The lowest BCUT2D eigenvalue weighted by atomic mass is 10.0. The number of allylic oxidation sites excluding steroid dienone is 10. The Morgan fingerprint density at radius 1 is 0.305 bits per heavy atom. The van der Waals surface area contributed by atoms with Crippen LogP contribution in [0.3, 0.4) is 0 Å². The van der Waals surface area contributed by atoms with Gasteiger partial charge in [0.25, 0.3) is 0 Å². The maximum Gasteiger partial charge on any atom is 0.472 e. The maximum absolute atomic E-state index is 12.9. The molecule has 5 unspecified atom stereocenters. The highest BCUT2D eigenvalue weighted by molar-refractivity contribution is 7.47. The van der Waals surface area contributed by atoms with Gasteiger partial charge in [-0.25, -0.2) is 9.13 Å². The lowest BCUT2D eigenvalue weighted by Crippen LogP contribution is -2.30. The number of hydrogen-bond acceptors (Lipinski definition) is 14. The summed E-state index contributed by atoms with van der Waals surface area (Å²) in [6.07, 6.45) is 75.9. The third-order valence-corrected chi connectivity index (χ3v) is 18.7. The topological polar surface area (TPSA) is 231 Å². The van der Waals surface area contributed by atoms with Gasteiger partial charge in [-0.3, -0.25) is 32.5 Å². The SMILES string of the molecule is CC/C=C\C/C=C\C/C=C\C/C=C\C/C=C\CCCCCCCCCCCCCCCCCCCC(=O)OCC(O)COP(=O)(O)OCC(O)COP(=O)(O)OCC(COC(=O)CCCCCCCCCCCCCCCCC)OC(=O)CCCCCCCCCCCCC. The minimum Gasteiger partial charge on any atom is -0.463 e. The van der Waals surface area contributed by atoms with Crippen LogP contribution in [0.15, 0.2) is 60.8 Å². The molecule has 5 atom stereocenters. The second-order valence-electron chi connectivity index (χ2n) is 26.1. The molecule has 0 saturated carbocycles. The quantitative estimate of drug-likeness (QED) is 0.0146. The van der Waals surface area contributed by atoms with Crippen LogP contribution in [0.5, 0.6) is 0 Å². The van der Waals surface area contributed by atoms with Crippen LogP contribution in [0.25, 0.3) is 0 Å². The molecule has 0 amide bonds. The number of aliphatic hydroxyl groups is 2. The van der Waals surface area contributed by atoms with Gasteiger partial charge in [0.1, 0.15) is 25.4 Å². The highest BCUT2D eigenvalue weighted by atomic mass is 31.2. The predicted octanol–water partition coefficient (Wildman–Crippen LogP) is 22.1. The Morgan fingerprint density at radius 3 is 0.884 bits per heavy atom. The molecule has 18 heteroatoms. The molecular formula is C77H142O16P2. The van der Waals surface area contributed by atoms with Crippen molar-refractivity contribution < 1.29 is 75.8 Å². The standard InChI is InChI=1S/C77H142O16P2/c1-4-7-10-13-16-19-22-24-26-27-28-29-30-31-32-33-34-35-36-37-38-39-40-41-42-43-45-47-49-51-54-57-60-63-75(80)87-66-72(78)67-89-94(83,84)90-68-73(79)69-91-95(85,86)92-71-74(93-77(82)65-62-59-56-53-48-21-18-15-12-9-6-3)70-88-76(81)64-61-58-55-52-50-46-44-25-23-20-17-14-11-8-5-2/h7,10,16,19,24,26,28-29,31-32,72-74,78-79H,4-6,8-9,11-15,17-18,20-23,25,27,30,33-71H2,1-3H3,(H,83,84)(H,85,86)/b10-7-,19-16-,26-24-,29-28-,32-31-. The van der Waals surface area contributed by atoms with Crippen LogP contribution >= 0.6 is 15.6 Å². The first-order valence-electron chi connectivity index (χ1n) is 38.6. The van der Waals surface area contributed by atoms with E-state index in [1.807, 2.05) is 0 Å². The molecule has 4 N–H and O–H groups in total. The number of rotatable bonds is 74. The number of phosphoric acid groups is 2. The second kappa shape index (κ2) is 71.1. The van der Waals surface area contributed by atoms with E-state index in [2.05, 4.69) is 81.5 Å². The fraction of sp³-hybridized carbons (Fsp3) is 0.831. The summed E-state index contributed by atoms with van der Waals surface area (Å²) in [5.41, 5.74) is 0. The number of esters is 3. The summed E-state index contributed by atoms with van der Waals surface area (Å²) in [5.74, 6) is -1.55. The summed E-state index contributed by atoms with van der Waals surface area (Å²) in [4.78, 5) is 58.4. The minimum atomic E-state index is -4.91. The molecule has 0 aromatic carbocycles. The zero-order valence-electron chi connectivity index (χ0n) is 60.6. The Labute approximate surface area is 580 Å². The molecule has 0 fully saturated rings. The number of ether oxygens (including phenoxy) is 3. The predicted molar refractivity (Wildman–Crippen MR) is 390 cm³/mol. The van der Waals surface area contributed by atoms with Crippen LogP contribution in [0.4, 0.5) is 0 Å². The van der Waals surface area contributed by atoms with E-state index < -0.39 is 91.5 Å².